The Morgan fingerprint density at radius 2 is 1.78 bits per heavy atom. The molecular formula is C17H16F3N3O4. The first-order valence-electron chi connectivity index (χ1n) is 7.54. The zero-order valence-electron chi connectivity index (χ0n) is 14.6. The lowest BCUT2D eigenvalue weighted by atomic mass is 10.1. The number of aryl methyl sites for hydroxylation is 1. The largest absolute Gasteiger partial charge is 0.493 e. The molecule has 2 rings (SSSR count). The second-order valence-corrected chi connectivity index (χ2v) is 5.42. The average Bonchev–Trinajstić information content (AvgIpc) is 2.61. The standard InChI is InChI=1S/C17H16F3N3O4/c1-10-6-15(26-2)16(27-3)7-11(10)9-21-22-13-5-4-12(17(18,19)20)8-14(13)23(24)25/h4-9,22H,1-3H3. The van der Waals surface area contributed by atoms with Gasteiger partial charge in [-0.3, -0.25) is 15.5 Å². The summed E-state index contributed by atoms with van der Waals surface area (Å²) in [6, 6.07) is 5.53. The number of hydrogen-bond acceptors (Lipinski definition) is 6. The number of nitrogens with one attached hydrogen (secondary N) is 1. The number of nitro benzene ring substituents is 1. The van der Waals surface area contributed by atoms with Crippen LogP contribution in [0.5, 0.6) is 11.5 Å². The quantitative estimate of drug-likeness (QED) is 0.454. The first kappa shape index (κ1) is 20.0. The summed E-state index contributed by atoms with van der Waals surface area (Å²) in [4.78, 5) is 10.2. The van der Waals surface area contributed by atoms with Crippen LogP contribution in [0.2, 0.25) is 0 Å². The van der Waals surface area contributed by atoms with Crippen LogP contribution in [0.4, 0.5) is 24.5 Å². The van der Waals surface area contributed by atoms with Gasteiger partial charge in [0.1, 0.15) is 5.69 Å². The molecule has 0 unspecified atom stereocenters. The molecule has 0 fully saturated rings. The molecule has 0 aromatic heterocycles. The van der Waals surface area contributed by atoms with Crippen molar-refractivity contribution in [2.45, 2.75) is 13.1 Å². The van der Waals surface area contributed by atoms with Crippen LogP contribution >= 0.6 is 0 Å². The van der Waals surface area contributed by atoms with E-state index in [0.29, 0.717) is 23.1 Å². The SMILES string of the molecule is COc1cc(C)c(C=NNc2ccc(C(F)(F)F)cc2[N+](=O)[O-])cc1OC. The molecule has 7 nitrogen and oxygen atoms in total. The van der Waals surface area contributed by atoms with Crippen molar-refractivity contribution < 1.29 is 27.6 Å². The highest BCUT2D eigenvalue weighted by molar-refractivity contribution is 5.84. The van der Waals surface area contributed by atoms with E-state index in [4.69, 9.17) is 9.47 Å². The van der Waals surface area contributed by atoms with E-state index < -0.39 is 22.4 Å². The number of benzene rings is 2. The lowest BCUT2D eigenvalue weighted by Crippen LogP contribution is -2.06. The summed E-state index contributed by atoms with van der Waals surface area (Å²) in [5, 5.41) is 14.9. The van der Waals surface area contributed by atoms with Gasteiger partial charge in [-0.15, -0.1) is 0 Å². The summed E-state index contributed by atoms with van der Waals surface area (Å²) in [5.41, 5.74) is 1.82. The Labute approximate surface area is 152 Å². The summed E-state index contributed by atoms with van der Waals surface area (Å²) in [6.07, 6.45) is -3.30. The van der Waals surface area contributed by atoms with E-state index >= 15 is 0 Å². The summed E-state index contributed by atoms with van der Waals surface area (Å²) >= 11 is 0. The minimum absolute atomic E-state index is 0.164. The number of nitrogens with zero attached hydrogens (tertiary/aromatic N) is 2. The molecule has 10 heteroatoms. The topological polar surface area (TPSA) is 86.0 Å². The highest BCUT2D eigenvalue weighted by Crippen LogP contribution is 2.35. The molecule has 27 heavy (non-hydrogen) atoms. The van der Waals surface area contributed by atoms with Crippen molar-refractivity contribution >= 4 is 17.6 Å². The fourth-order valence-corrected chi connectivity index (χ4v) is 2.26. The van der Waals surface area contributed by atoms with Gasteiger partial charge in [-0.25, -0.2) is 0 Å². The monoisotopic (exact) mass is 383 g/mol. The molecule has 0 radical (unpaired) electrons. The molecule has 0 bridgehead atoms. The molecule has 1 N–H and O–H groups in total. The predicted octanol–water partition coefficient (Wildman–Crippen LogP) is 4.39. The van der Waals surface area contributed by atoms with Gasteiger partial charge in [0.25, 0.3) is 5.69 Å². The van der Waals surface area contributed by atoms with Crippen LogP contribution in [0.25, 0.3) is 0 Å². The summed E-state index contributed by atoms with van der Waals surface area (Å²) < 4.78 is 48.5. The van der Waals surface area contributed by atoms with E-state index in [2.05, 4.69) is 10.5 Å². The third-order valence-electron chi connectivity index (χ3n) is 3.68. The van der Waals surface area contributed by atoms with Crippen LogP contribution in [-0.4, -0.2) is 25.4 Å². The maximum absolute atomic E-state index is 12.7. The number of methoxy groups -OCH3 is 2. The molecule has 0 aliphatic carbocycles. The Morgan fingerprint density at radius 3 is 2.33 bits per heavy atom. The van der Waals surface area contributed by atoms with Crippen LogP contribution < -0.4 is 14.9 Å². The molecule has 0 aliphatic rings. The van der Waals surface area contributed by atoms with Crippen molar-refractivity contribution in [3.8, 4) is 11.5 Å². The second-order valence-electron chi connectivity index (χ2n) is 5.42. The van der Waals surface area contributed by atoms with Gasteiger partial charge in [-0.05, 0) is 36.8 Å². The van der Waals surface area contributed by atoms with Crippen molar-refractivity contribution in [1.82, 2.24) is 0 Å². The van der Waals surface area contributed by atoms with Crippen LogP contribution in [-0.2, 0) is 6.18 Å². The first-order valence-corrected chi connectivity index (χ1v) is 7.54. The van der Waals surface area contributed by atoms with Gasteiger partial charge in [-0.2, -0.15) is 18.3 Å². The molecule has 144 valence electrons. The highest BCUT2D eigenvalue weighted by atomic mass is 19.4. The van der Waals surface area contributed by atoms with Gasteiger partial charge in [0.15, 0.2) is 11.5 Å². The van der Waals surface area contributed by atoms with E-state index in [1.54, 1.807) is 19.1 Å². The molecule has 0 heterocycles. The van der Waals surface area contributed by atoms with E-state index in [-0.39, 0.29) is 5.69 Å². The van der Waals surface area contributed by atoms with Crippen molar-refractivity contribution in [2.24, 2.45) is 5.10 Å². The molecule has 2 aromatic carbocycles. The number of nitro groups is 1. The number of halogens is 3. The zero-order valence-corrected chi connectivity index (χ0v) is 14.6. The third kappa shape index (κ3) is 4.66. The Morgan fingerprint density at radius 1 is 1.15 bits per heavy atom. The average molecular weight is 383 g/mol. The Bertz CT molecular complexity index is 882. The lowest BCUT2D eigenvalue weighted by Gasteiger charge is -2.10. The molecule has 0 atom stereocenters. The number of rotatable bonds is 6. The van der Waals surface area contributed by atoms with Gasteiger partial charge < -0.3 is 9.47 Å². The fourth-order valence-electron chi connectivity index (χ4n) is 2.26. The fraction of sp³-hybridized carbons (Fsp3) is 0.235. The van der Waals surface area contributed by atoms with Crippen LogP contribution in [0, 0.1) is 17.0 Å². The normalized spacial score (nSPS) is 11.5. The zero-order chi connectivity index (χ0) is 20.2. The summed E-state index contributed by atoms with van der Waals surface area (Å²) in [6.45, 7) is 1.80. The Hall–Kier alpha value is -3.30. The molecule has 0 spiro atoms. The predicted molar refractivity (Wildman–Crippen MR) is 93.6 cm³/mol. The third-order valence-corrected chi connectivity index (χ3v) is 3.68. The number of alkyl halides is 3. The maximum Gasteiger partial charge on any atom is 0.416 e. The number of ether oxygens (including phenoxy) is 2. The molecule has 0 saturated carbocycles. The lowest BCUT2D eigenvalue weighted by molar-refractivity contribution is -0.384. The molecular weight excluding hydrogens is 367 g/mol. The second kappa shape index (κ2) is 7.94. The minimum Gasteiger partial charge on any atom is -0.493 e. The molecule has 0 amide bonds. The summed E-state index contributed by atoms with van der Waals surface area (Å²) in [7, 11) is 2.97. The maximum atomic E-state index is 12.7. The first-order chi connectivity index (χ1) is 12.7. The van der Waals surface area contributed by atoms with E-state index in [0.717, 1.165) is 17.7 Å². The van der Waals surface area contributed by atoms with Gasteiger partial charge in [-0.1, -0.05) is 0 Å². The van der Waals surface area contributed by atoms with Gasteiger partial charge >= 0.3 is 6.18 Å². The van der Waals surface area contributed by atoms with Crippen molar-refractivity contribution in [3.63, 3.8) is 0 Å². The molecule has 0 saturated heterocycles. The van der Waals surface area contributed by atoms with Crippen LogP contribution in [0.1, 0.15) is 16.7 Å². The van der Waals surface area contributed by atoms with Crippen molar-refractivity contribution in [3.05, 3.63) is 57.1 Å². The van der Waals surface area contributed by atoms with E-state index in [9.17, 15) is 23.3 Å². The Balaban J connectivity index is 2.30. The minimum atomic E-state index is -4.68. The van der Waals surface area contributed by atoms with Gasteiger partial charge in [0, 0.05) is 11.6 Å². The highest BCUT2D eigenvalue weighted by Gasteiger charge is 2.33. The van der Waals surface area contributed by atoms with Gasteiger partial charge in [0.05, 0.1) is 30.9 Å². The van der Waals surface area contributed by atoms with Crippen molar-refractivity contribution in [1.29, 1.82) is 0 Å². The van der Waals surface area contributed by atoms with Crippen LogP contribution in [0.3, 0.4) is 0 Å². The summed E-state index contributed by atoms with van der Waals surface area (Å²) in [5.74, 6) is 0.989. The smallest absolute Gasteiger partial charge is 0.416 e. The van der Waals surface area contributed by atoms with E-state index in [1.165, 1.54) is 20.4 Å². The Kier molecular flexibility index (Phi) is 5.88. The number of hydrazone groups is 1. The van der Waals surface area contributed by atoms with Crippen molar-refractivity contribution in [2.75, 3.05) is 19.6 Å². The van der Waals surface area contributed by atoms with Crippen LogP contribution in [0.15, 0.2) is 35.4 Å². The molecule has 0 aliphatic heterocycles. The van der Waals surface area contributed by atoms with E-state index in [1.807, 2.05) is 0 Å². The molecule has 2 aromatic rings. The number of anilines is 1. The van der Waals surface area contributed by atoms with Gasteiger partial charge in [0.2, 0.25) is 0 Å². The number of hydrogen-bond donors (Lipinski definition) is 1.